The Balaban J connectivity index is 1.62. The molecule has 0 amide bonds. The van der Waals surface area contributed by atoms with Crippen LogP contribution < -0.4 is 9.47 Å². The van der Waals surface area contributed by atoms with Crippen LogP contribution in [0, 0.1) is 0 Å². The highest BCUT2D eigenvalue weighted by molar-refractivity contribution is 7.48. The van der Waals surface area contributed by atoms with Crippen LogP contribution in [0.5, 0.6) is 11.5 Å². The molecule has 2 unspecified atom stereocenters. The highest BCUT2D eigenvalue weighted by atomic mass is 31.2. The molecule has 1 aromatic rings. The molecule has 0 bridgehead atoms. The first-order valence-corrected chi connectivity index (χ1v) is 11.2. The number of benzene rings is 1. The third kappa shape index (κ3) is 3.45. The van der Waals surface area contributed by atoms with E-state index >= 15 is 0 Å². The number of hydrogen-bond donors (Lipinski definition) is 0. The number of likely N-dealkylation sites (tertiary alicyclic amines) is 1. The normalized spacial score (nSPS) is 29.7. The summed E-state index contributed by atoms with van der Waals surface area (Å²) in [5.41, 5.74) is 1.19. The number of likely N-dealkylation sites (N-methyl/N-ethyl adjacent to an activating group) is 1. The third-order valence-electron chi connectivity index (χ3n) is 6.14. The Bertz CT molecular complexity index is 802. The first-order chi connectivity index (χ1) is 13.5. The Morgan fingerprint density at radius 3 is 2.64 bits per heavy atom. The summed E-state index contributed by atoms with van der Waals surface area (Å²) in [4.78, 5) is 2.35. The van der Waals surface area contributed by atoms with Crippen LogP contribution in [0.3, 0.4) is 0 Å². The van der Waals surface area contributed by atoms with E-state index in [0.717, 1.165) is 37.3 Å². The van der Waals surface area contributed by atoms with Crippen molar-refractivity contribution < 1.29 is 27.6 Å². The lowest BCUT2D eigenvalue weighted by Crippen LogP contribution is -2.43. The molecule has 2 atom stereocenters. The number of fused-ring (bicyclic) bond motifs is 1. The smallest absolute Gasteiger partial charge is 0.493 e. The van der Waals surface area contributed by atoms with Crippen molar-refractivity contribution >= 4 is 7.82 Å². The van der Waals surface area contributed by atoms with E-state index in [2.05, 4.69) is 24.1 Å². The molecule has 154 valence electrons. The number of methoxy groups -OCH3 is 2. The summed E-state index contributed by atoms with van der Waals surface area (Å²) >= 11 is 0. The monoisotopic (exact) mass is 409 g/mol. The van der Waals surface area contributed by atoms with Gasteiger partial charge in [0.25, 0.3) is 0 Å². The summed E-state index contributed by atoms with van der Waals surface area (Å²) in [6.07, 6.45) is 5.29. The lowest BCUT2D eigenvalue weighted by Gasteiger charge is -2.41. The summed E-state index contributed by atoms with van der Waals surface area (Å²) in [6, 6.07) is 6.42. The van der Waals surface area contributed by atoms with Gasteiger partial charge in [-0.25, -0.2) is 4.57 Å². The fourth-order valence-corrected chi connectivity index (χ4v) is 5.92. The van der Waals surface area contributed by atoms with Crippen LogP contribution in [-0.2, 0) is 23.6 Å². The van der Waals surface area contributed by atoms with Gasteiger partial charge >= 0.3 is 7.82 Å². The van der Waals surface area contributed by atoms with Crippen LogP contribution >= 0.6 is 7.82 Å². The molecule has 0 N–H and O–H groups in total. The minimum Gasteiger partial charge on any atom is -0.493 e. The Kier molecular flexibility index (Phi) is 5.45. The van der Waals surface area contributed by atoms with Gasteiger partial charge in [0.05, 0.1) is 27.4 Å². The van der Waals surface area contributed by atoms with E-state index in [1.807, 2.05) is 12.1 Å². The van der Waals surface area contributed by atoms with E-state index in [4.69, 9.17) is 23.0 Å². The maximum absolute atomic E-state index is 12.6. The molecule has 0 saturated carbocycles. The van der Waals surface area contributed by atoms with E-state index < -0.39 is 7.82 Å². The minimum atomic E-state index is -3.48. The van der Waals surface area contributed by atoms with Crippen LogP contribution in [0.15, 0.2) is 30.0 Å². The van der Waals surface area contributed by atoms with Crippen LogP contribution in [-0.4, -0.2) is 52.0 Å². The fourth-order valence-electron chi connectivity index (χ4n) is 4.60. The average Bonchev–Trinajstić information content (AvgIpc) is 3.05. The number of ether oxygens (including phenoxy) is 2. The summed E-state index contributed by atoms with van der Waals surface area (Å²) in [5.74, 6) is 2.16. The average molecular weight is 409 g/mol. The van der Waals surface area contributed by atoms with Crippen molar-refractivity contribution in [3.63, 3.8) is 0 Å². The van der Waals surface area contributed by atoms with Crippen LogP contribution in [0.2, 0.25) is 0 Å². The van der Waals surface area contributed by atoms with Gasteiger partial charge in [-0.3, -0.25) is 9.05 Å². The Morgan fingerprint density at radius 1 is 1.18 bits per heavy atom. The van der Waals surface area contributed by atoms with Crippen molar-refractivity contribution in [1.82, 2.24) is 4.90 Å². The Hall–Kier alpha value is -1.53. The predicted octanol–water partition coefficient (Wildman–Crippen LogP) is 3.89. The van der Waals surface area contributed by atoms with Gasteiger partial charge in [0.15, 0.2) is 11.5 Å². The predicted molar refractivity (Wildman–Crippen MR) is 105 cm³/mol. The SMILES string of the molecule is COc1ccc(C23CC=C(OP4(=O)OCCCO4)CC2N(C)CC3)cc1OC. The zero-order chi connectivity index (χ0) is 19.8. The number of nitrogens with zero attached hydrogens (tertiary/aromatic N) is 1. The standard InChI is InChI=1S/C20H28NO6P/c1-21-10-9-20(15-5-6-17(23-2)18(13-15)24-3)8-7-16(14-19(20)21)27-28(22)25-11-4-12-26-28/h5-7,13,19H,4,8-12,14H2,1-3H3. The quantitative estimate of drug-likeness (QED) is 0.684. The molecule has 0 spiro atoms. The Labute approximate surface area is 166 Å². The van der Waals surface area contributed by atoms with E-state index in [9.17, 15) is 4.57 Å². The van der Waals surface area contributed by atoms with Crippen LogP contribution in [0.1, 0.15) is 31.2 Å². The minimum absolute atomic E-state index is 0.0378. The second-order valence-corrected chi connectivity index (χ2v) is 9.20. The van der Waals surface area contributed by atoms with Gasteiger partial charge in [-0.1, -0.05) is 6.07 Å². The second kappa shape index (κ2) is 7.71. The highest BCUT2D eigenvalue weighted by Gasteiger charge is 2.50. The fraction of sp³-hybridized carbons (Fsp3) is 0.600. The third-order valence-corrected chi connectivity index (χ3v) is 7.60. The zero-order valence-corrected chi connectivity index (χ0v) is 17.6. The zero-order valence-electron chi connectivity index (χ0n) is 16.7. The molecular formula is C20H28NO6P. The number of allylic oxidation sites excluding steroid dienone is 1. The number of hydrogen-bond acceptors (Lipinski definition) is 7. The van der Waals surface area contributed by atoms with E-state index in [-0.39, 0.29) is 11.5 Å². The highest BCUT2D eigenvalue weighted by Crippen LogP contribution is 2.56. The summed E-state index contributed by atoms with van der Waals surface area (Å²) in [6.45, 7) is 1.80. The molecule has 1 aliphatic carbocycles. The molecule has 0 radical (unpaired) electrons. The summed E-state index contributed by atoms with van der Waals surface area (Å²) in [5, 5.41) is 0. The Morgan fingerprint density at radius 2 is 1.93 bits per heavy atom. The molecule has 3 aliphatic rings. The molecule has 0 aromatic heterocycles. The maximum Gasteiger partial charge on any atom is 0.529 e. The number of phosphoric acid groups is 1. The molecule has 2 aliphatic heterocycles. The molecule has 2 heterocycles. The van der Waals surface area contributed by atoms with E-state index in [1.54, 1.807) is 14.2 Å². The van der Waals surface area contributed by atoms with Crippen molar-refractivity contribution in [2.75, 3.05) is 41.0 Å². The van der Waals surface area contributed by atoms with E-state index in [0.29, 0.717) is 25.4 Å². The lowest BCUT2D eigenvalue weighted by molar-refractivity contribution is 0.0837. The topological polar surface area (TPSA) is 66.5 Å². The molecule has 2 saturated heterocycles. The van der Waals surface area contributed by atoms with Crippen LogP contribution in [0.4, 0.5) is 0 Å². The van der Waals surface area contributed by atoms with Gasteiger partial charge < -0.3 is 18.9 Å². The maximum atomic E-state index is 12.6. The van der Waals surface area contributed by atoms with Gasteiger partial charge in [-0.05, 0) is 56.6 Å². The first-order valence-electron chi connectivity index (χ1n) is 9.70. The number of rotatable bonds is 5. The van der Waals surface area contributed by atoms with Gasteiger partial charge in [0, 0.05) is 17.9 Å². The van der Waals surface area contributed by atoms with Gasteiger partial charge in [-0.15, -0.1) is 0 Å². The summed E-state index contributed by atoms with van der Waals surface area (Å²) in [7, 11) is 1.96. The van der Waals surface area contributed by atoms with Crippen molar-refractivity contribution in [3.8, 4) is 11.5 Å². The molecule has 4 rings (SSSR count). The van der Waals surface area contributed by atoms with Crippen LogP contribution in [0.25, 0.3) is 0 Å². The lowest BCUT2D eigenvalue weighted by atomic mass is 9.68. The van der Waals surface area contributed by atoms with Crippen molar-refractivity contribution in [1.29, 1.82) is 0 Å². The molecule has 1 aromatic carbocycles. The largest absolute Gasteiger partial charge is 0.529 e. The van der Waals surface area contributed by atoms with Gasteiger partial charge in [-0.2, -0.15) is 0 Å². The molecule has 8 heteroatoms. The second-order valence-electron chi connectivity index (χ2n) is 7.61. The number of phosphoric ester groups is 1. The molecule has 7 nitrogen and oxygen atoms in total. The van der Waals surface area contributed by atoms with Crippen molar-refractivity contribution in [2.24, 2.45) is 0 Å². The van der Waals surface area contributed by atoms with E-state index in [1.165, 1.54) is 5.56 Å². The van der Waals surface area contributed by atoms with Crippen molar-refractivity contribution in [3.05, 3.63) is 35.6 Å². The summed E-state index contributed by atoms with van der Waals surface area (Å²) < 4.78 is 39.9. The molecular weight excluding hydrogens is 381 g/mol. The van der Waals surface area contributed by atoms with Gasteiger partial charge in [0.1, 0.15) is 5.76 Å². The molecule has 2 fully saturated rings. The first kappa shape index (κ1) is 19.8. The molecule has 28 heavy (non-hydrogen) atoms. The van der Waals surface area contributed by atoms with Gasteiger partial charge in [0.2, 0.25) is 0 Å². The van der Waals surface area contributed by atoms with Crippen molar-refractivity contribution in [2.45, 2.75) is 37.1 Å².